The summed E-state index contributed by atoms with van der Waals surface area (Å²) in [4.78, 5) is 23.5. The Balaban J connectivity index is 0.00000288. The van der Waals surface area contributed by atoms with E-state index in [4.69, 9.17) is 5.73 Å². The standard InChI is InChI=1S/C18H20N2O3.ClH/c19-15(11-13-7-3-1-4-8-13)17(21)20-16(18(22)23)12-14-9-5-2-6-10-14;/h1-10,15-16H,11-12,19H2,(H,20,21)(H,22,23);1H/t15-,16-;/m0./s1. The Labute approximate surface area is 147 Å². The molecule has 128 valence electrons. The number of nitrogens with two attached hydrogens (primary N) is 1. The highest BCUT2D eigenvalue weighted by atomic mass is 35.5. The number of nitrogens with one attached hydrogen (secondary N) is 1. The van der Waals surface area contributed by atoms with Crippen LogP contribution < -0.4 is 11.1 Å². The smallest absolute Gasteiger partial charge is 0.326 e. The molecule has 0 aliphatic rings. The van der Waals surface area contributed by atoms with Crippen molar-refractivity contribution in [3.63, 3.8) is 0 Å². The number of carboxylic acid groups (broad SMARTS) is 1. The average molecular weight is 349 g/mol. The second-order valence-electron chi connectivity index (χ2n) is 5.39. The second-order valence-corrected chi connectivity index (χ2v) is 5.39. The SMILES string of the molecule is Cl.N[C@@H](Cc1ccccc1)C(=O)N[C@@H](Cc1ccccc1)C(=O)O. The molecule has 0 aliphatic heterocycles. The van der Waals surface area contributed by atoms with Crippen molar-refractivity contribution in [1.29, 1.82) is 0 Å². The molecule has 0 unspecified atom stereocenters. The molecular weight excluding hydrogens is 328 g/mol. The number of aliphatic carboxylic acids is 1. The van der Waals surface area contributed by atoms with Crippen LogP contribution in [0.25, 0.3) is 0 Å². The van der Waals surface area contributed by atoms with Crippen LogP contribution in [0.15, 0.2) is 60.7 Å². The highest BCUT2D eigenvalue weighted by molar-refractivity contribution is 5.87. The maximum atomic E-state index is 12.2. The van der Waals surface area contributed by atoms with Crippen LogP contribution in [-0.4, -0.2) is 29.1 Å². The molecule has 2 rings (SSSR count). The molecule has 0 heterocycles. The number of hydrogen-bond acceptors (Lipinski definition) is 3. The van der Waals surface area contributed by atoms with Gasteiger partial charge in [-0.25, -0.2) is 4.79 Å². The molecule has 1 amide bonds. The van der Waals surface area contributed by atoms with E-state index in [-0.39, 0.29) is 18.8 Å². The van der Waals surface area contributed by atoms with Crippen LogP contribution in [0.2, 0.25) is 0 Å². The fourth-order valence-electron chi connectivity index (χ4n) is 2.29. The summed E-state index contributed by atoms with van der Waals surface area (Å²) in [6, 6.07) is 16.8. The Bertz CT molecular complexity index is 650. The molecule has 6 heteroatoms. The van der Waals surface area contributed by atoms with Gasteiger partial charge in [0, 0.05) is 6.42 Å². The summed E-state index contributed by atoms with van der Waals surface area (Å²) < 4.78 is 0. The average Bonchev–Trinajstić information content (AvgIpc) is 2.56. The minimum absolute atomic E-state index is 0. The first-order valence-electron chi connectivity index (χ1n) is 7.43. The number of hydrogen-bond donors (Lipinski definition) is 3. The summed E-state index contributed by atoms with van der Waals surface area (Å²) in [7, 11) is 0. The van der Waals surface area contributed by atoms with Gasteiger partial charge in [-0.1, -0.05) is 60.7 Å². The number of halogens is 1. The summed E-state index contributed by atoms with van der Waals surface area (Å²) in [6.45, 7) is 0. The minimum atomic E-state index is -1.07. The van der Waals surface area contributed by atoms with Crippen LogP contribution in [0.1, 0.15) is 11.1 Å². The van der Waals surface area contributed by atoms with E-state index >= 15 is 0 Å². The Morgan fingerprint density at radius 2 is 1.38 bits per heavy atom. The van der Waals surface area contributed by atoms with Crippen LogP contribution in [0.5, 0.6) is 0 Å². The molecule has 2 aromatic rings. The maximum Gasteiger partial charge on any atom is 0.326 e. The van der Waals surface area contributed by atoms with Gasteiger partial charge < -0.3 is 16.2 Å². The van der Waals surface area contributed by atoms with Crippen LogP contribution in [0.3, 0.4) is 0 Å². The van der Waals surface area contributed by atoms with E-state index in [1.165, 1.54) is 0 Å². The predicted octanol–water partition coefficient (Wildman–Crippen LogP) is 1.79. The lowest BCUT2D eigenvalue weighted by Crippen LogP contribution is -2.50. The van der Waals surface area contributed by atoms with Crippen molar-refractivity contribution in [2.24, 2.45) is 5.73 Å². The molecule has 0 aliphatic carbocycles. The number of carboxylic acids is 1. The Morgan fingerprint density at radius 3 is 1.83 bits per heavy atom. The molecule has 5 nitrogen and oxygen atoms in total. The van der Waals surface area contributed by atoms with Gasteiger partial charge in [-0.2, -0.15) is 0 Å². The van der Waals surface area contributed by atoms with Gasteiger partial charge in [0.05, 0.1) is 6.04 Å². The third kappa shape index (κ3) is 6.02. The second kappa shape index (κ2) is 9.70. The largest absolute Gasteiger partial charge is 0.480 e. The molecule has 2 atom stereocenters. The van der Waals surface area contributed by atoms with Gasteiger partial charge in [-0.05, 0) is 17.5 Å². The Morgan fingerprint density at radius 1 is 0.917 bits per heavy atom. The van der Waals surface area contributed by atoms with Gasteiger partial charge in [-0.3, -0.25) is 4.79 Å². The molecule has 2 aromatic carbocycles. The van der Waals surface area contributed by atoms with Crippen LogP contribution in [0, 0.1) is 0 Å². The molecule has 0 bridgehead atoms. The minimum Gasteiger partial charge on any atom is -0.480 e. The first-order valence-corrected chi connectivity index (χ1v) is 7.43. The summed E-state index contributed by atoms with van der Waals surface area (Å²) in [5, 5.41) is 11.8. The number of carbonyl (C=O) groups is 2. The number of amides is 1. The van der Waals surface area contributed by atoms with Crippen LogP contribution >= 0.6 is 12.4 Å². The van der Waals surface area contributed by atoms with Crippen molar-refractivity contribution < 1.29 is 14.7 Å². The molecule has 4 N–H and O–H groups in total. The van der Waals surface area contributed by atoms with E-state index in [9.17, 15) is 14.7 Å². The summed E-state index contributed by atoms with van der Waals surface area (Å²) >= 11 is 0. The zero-order valence-electron chi connectivity index (χ0n) is 13.1. The molecule has 0 aromatic heterocycles. The van der Waals surface area contributed by atoms with Gasteiger partial charge in [0.15, 0.2) is 0 Å². The van der Waals surface area contributed by atoms with Crippen molar-refractivity contribution in [3.05, 3.63) is 71.8 Å². The van der Waals surface area contributed by atoms with E-state index in [1.54, 1.807) is 0 Å². The molecule has 0 saturated carbocycles. The molecule has 0 radical (unpaired) electrons. The van der Waals surface area contributed by atoms with E-state index < -0.39 is 24.0 Å². The fraction of sp³-hybridized carbons (Fsp3) is 0.222. The zero-order valence-corrected chi connectivity index (χ0v) is 13.9. The van der Waals surface area contributed by atoms with Crippen molar-refractivity contribution in [2.45, 2.75) is 24.9 Å². The van der Waals surface area contributed by atoms with Gasteiger partial charge in [0.25, 0.3) is 0 Å². The summed E-state index contributed by atoms with van der Waals surface area (Å²) in [5.74, 6) is -1.54. The fourth-order valence-corrected chi connectivity index (χ4v) is 2.29. The lowest BCUT2D eigenvalue weighted by molar-refractivity contribution is -0.141. The quantitative estimate of drug-likeness (QED) is 0.711. The highest BCUT2D eigenvalue weighted by Gasteiger charge is 2.23. The summed E-state index contributed by atoms with van der Waals surface area (Å²) in [5.41, 5.74) is 7.67. The van der Waals surface area contributed by atoms with E-state index in [0.29, 0.717) is 6.42 Å². The third-order valence-corrected chi connectivity index (χ3v) is 3.53. The predicted molar refractivity (Wildman–Crippen MR) is 95.1 cm³/mol. The lowest BCUT2D eigenvalue weighted by atomic mass is 10.0. The number of rotatable bonds is 7. The van der Waals surface area contributed by atoms with Crippen LogP contribution in [0.4, 0.5) is 0 Å². The van der Waals surface area contributed by atoms with E-state index in [2.05, 4.69) is 5.32 Å². The Hall–Kier alpha value is -2.37. The van der Waals surface area contributed by atoms with Crippen molar-refractivity contribution in [1.82, 2.24) is 5.32 Å². The van der Waals surface area contributed by atoms with Gasteiger partial charge in [0.1, 0.15) is 6.04 Å². The normalized spacial score (nSPS) is 12.5. The molecule has 24 heavy (non-hydrogen) atoms. The summed E-state index contributed by atoms with van der Waals surface area (Å²) in [6.07, 6.45) is 0.588. The van der Waals surface area contributed by atoms with Crippen molar-refractivity contribution in [2.75, 3.05) is 0 Å². The van der Waals surface area contributed by atoms with E-state index in [1.807, 2.05) is 60.7 Å². The van der Waals surface area contributed by atoms with Gasteiger partial charge >= 0.3 is 5.97 Å². The monoisotopic (exact) mass is 348 g/mol. The topological polar surface area (TPSA) is 92.4 Å². The number of benzene rings is 2. The molecule has 0 saturated heterocycles. The third-order valence-electron chi connectivity index (χ3n) is 3.53. The lowest BCUT2D eigenvalue weighted by Gasteiger charge is -2.18. The molecule has 0 spiro atoms. The molecule has 0 fully saturated rings. The highest BCUT2D eigenvalue weighted by Crippen LogP contribution is 2.05. The zero-order chi connectivity index (χ0) is 16.7. The van der Waals surface area contributed by atoms with E-state index in [0.717, 1.165) is 11.1 Å². The molecular formula is C18H21ClN2O3. The number of carbonyl (C=O) groups excluding carboxylic acids is 1. The Kier molecular flexibility index (Phi) is 7.95. The van der Waals surface area contributed by atoms with Crippen LogP contribution in [-0.2, 0) is 22.4 Å². The van der Waals surface area contributed by atoms with Crippen molar-refractivity contribution >= 4 is 24.3 Å². The first kappa shape index (κ1) is 19.7. The van der Waals surface area contributed by atoms with Gasteiger partial charge in [0.2, 0.25) is 5.91 Å². The van der Waals surface area contributed by atoms with Gasteiger partial charge in [-0.15, -0.1) is 12.4 Å². The van der Waals surface area contributed by atoms with Crippen molar-refractivity contribution in [3.8, 4) is 0 Å². The maximum absolute atomic E-state index is 12.2. The first-order chi connectivity index (χ1) is 11.1.